The predicted molar refractivity (Wildman–Crippen MR) is 103 cm³/mol. The largest absolute Gasteiger partial charge is 0.352 e. The maximum absolute atomic E-state index is 12.6. The van der Waals surface area contributed by atoms with Crippen LogP contribution >= 0.6 is 0 Å². The third-order valence-corrected chi connectivity index (χ3v) is 4.47. The number of hydrazine groups is 1. The second-order valence-corrected chi connectivity index (χ2v) is 6.33. The highest BCUT2D eigenvalue weighted by Crippen LogP contribution is 2.13. The first kappa shape index (κ1) is 20.9. The van der Waals surface area contributed by atoms with E-state index >= 15 is 0 Å². The van der Waals surface area contributed by atoms with Gasteiger partial charge in [-0.05, 0) is 18.9 Å². The number of aromatic nitrogens is 2. The minimum absolute atomic E-state index is 0.000278. The van der Waals surface area contributed by atoms with Gasteiger partial charge in [0.05, 0.1) is 5.39 Å². The zero-order valence-corrected chi connectivity index (χ0v) is 16.0. The van der Waals surface area contributed by atoms with Crippen molar-refractivity contribution < 1.29 is 14.4 Å². The fourth-order valence-electron chi connectivity index (χ4n) is 2.73. The van der Waals surface area contributed by atoms with E-state index in [1.807, 2.05) is 6.92 Å². The Balaban J connectivity index is 2.25. The Morgan fingerprint density at radius 2 is 1.79 bits per heavy atom. The zero-order chi connectivity index (χ0) is 20.8. The van der Waals surface area contributed by atoms with Crippen LogP contribution in [-0.2, 0) is 11.3 Å². The van der Waals surface area contributed by atoms with Gasteiger partial charge in [-0.15, -0.1) is 0 Å². The Labute approximate surface area is 161 Å². The summed E-state index contributed by atoms with van der Waals surface area (Å²) in [6.07, 6.45) is 0.611. The lowest BCUT2D eigenvalue weighted by Crippen LogP contribution is -2.55. The smallest absolute Gasteiger partial charge is 0.312 e. The van der Waals surface area contributed by atoms with Gasteiger partial charge in [-0.3, -0.25) is 25.2 Å². The van der Waals surface area contributed by atoms with E-state index in [2.05, 4.69) is 21.3 Å². The van der Waals surface area contributed by atoms with Crippen molar-refractivity contribution in [2.24, 2.45) is 11.7 Å². The number of nitrogens with one attached hydrogen (secondary N) is 3. The van der Waals surface area contributed by atoms with Crippen molar-refractivity contribution in [2.45, 2.75) is 39.8 Å². The van der Waals surface area contributed by atoms with E-state index in [1.165, 1.54) is 4.68 Å². The molecular formula is C18H24N6O4. The lowest BCUT2D eigenvalue weighted by atomic mass is 9.99. The van der Waals surface area contributed by atoms with E-state index in [9.17, 15) is 19.2 Å². The molecule has 2 aromatic rings. The average molecular weight is 388 g/mol. The molecule has 28 heavy (non-hydrogen) atoms. The number of aryl methyl sites for hydroxylation is 1. The van der Waals surface area contributed by atoms with E-state index in [0.717, 1.165) is 0 Å². The molecule has 1 aromatic heterocycles. The number of benzene rings is 1. The Hall–Kier alpha value is -3.43. The molecule has 0 aliphatic rings. The number of nitrogens with zero attached hydrogens (tertiary/aromatic N) is 2. The number of fused-ring (bicyclic) bond motifs is 1. The molecule has 1 heterocycles. The lowest BCUT2D eigenvalue weighted by molar-refractivity contribution is -0.124. The van der Waals surface area contributed by atoms with Crippen LogP contribution in [0.4, 0.5) is 4.79 Å². The highest BCUT2D eigenvalue weighted by molar-refractivity contribution is 6.05. The van der Waals surface area contributed by atoms with Crippen molar-refractivity contribution >= 4 is 28.6 Å². The lowest BCUT2D eigenvalue weighted by Gasteiger charge is -2.22. The molecule has 0 saturated heterocycles. The summed E-state index contributed by atoms with van der Waals surface area (Å²) in [5, 5.41) is 7.18. The van der Waals surface area contributed by atoms with E-state index in [1.54, 1.807) is 38.1 Å². The molecule has 0 spiro atoms. The quantitative estimate of drug-likeness (QED) is 0.524. The number of hydrogen-bond donors (Lipinski definition) is 4. The molecule has 2 rings (SSSR count). The molecule has 0 bridgehead atoms. The molecule has 0 radical (unpaired) electrons. The van der Waals surface area contributed by atoms with Gasteiger partial charge in [0.1, 0.15) is 6.04 Å². The number of carbonyl (C=O) groups is 3. The summed E-state index contributed by atoms with van der Waals surface area (Å²) in [5.41, 5.74) is 9.38. The van der Waals surface area contributed by atoms with Crippen LogP contribution in [0.15, 0.2) is 29.1 Å². The number of primary amides is 1. The molecular weight excluding hydrogens is 364 g/mol. The first-order valence-corrected chi connectivity index (χ1v) is 8.96. The highest BCUT2D eigenvalue weighted by atomic mass is 16.2. The second kappa shape index (κ2) is 8.98. The zero-order valence-electron chi connectivity index (χ0n) is 16.0. The van der Waals surface area contributed by atoms with Crippen molar-refractivity contribution in [3.05, 3.63) is 40.3 Å². The SMILES string of the molecule is CC[C@@H](C)[C@@H](NC(N)=O)C(=O)NNC(=O)c1nn(CC)c(=O)c2ccccc12. The molecule has 1 aromatic carbocycles. The number of rotatable bonds is 6. The topological polar surface area (TPSA) is 148 Å². The Morgan fingerprint density at radius 3 is 2.36 bits per heavy atom. The van der Waals surface area contributed by atoms with E-state index in [4.69, 9.17) is 5.73 Å². The van der Waals surface area contributed by atoms with Crippen LogP contribution in [-0.4, -0.2) is 33.7 Å². The van der Waals surface area contributed by atoms with Gasteiger partial charge in [0.25, 0.3) is 17.4 Å². The van der Waals surface area contributed by atoms with Crippen LogP contribution in [0.3, 0.4) is 0 Å². The van der Waals surface area contributed by atoms with Crippen molar-refractivity contribution in [3.63, 3.8) is 0 Å². The minimum Gasteiger partial charge on any atom is -0.352 e. The van der Waals surface area contributed by atoms with Gasteiger partial charge in [-0.2, -0.15) is 5.10 Å². The number of urea groups is 1. The van der Waals surface area contributed by atoms with Crippen LogP contribution < -0.4 is 27.5 Å². The van der Waals surface area contributed by atoms with Gasteiger partial charge in [-0.25, -0.2) is 9.48 Å². The van der Waals surface area contributed by atoms with E-state index in [-0.39, 0.29) is 23.7 Å². The molecule has 2 atom stereocenters. The number of carbonyl (C=O) groups excluding carboxylic acids is 3. The van der Waals surface area contributed by atoms with Gasteiger partial charge in [0, 0.05) is 11.9 Å². The van der Waals surface area contributed by atoms with Gasteiger partial charge >= 0.3 is 6.03 Å². The Morgan fingerprint density at radius 1 is 1.14 bits per heavy atom. The Kier molecular flexibility index (Phi) is 6.69. The summed E-state index contributed by atoms with van der Waals surface area (Å²) >= 11 is 0. The first-order valence-electron chi connectivity index (χ1n) is 8.96. The third-order valence-electron chi connectivity index (χ3n) is 4.47. The van der Waals surface area contributed by atoms with Crippen LogP contribution in [0, 0.1) is 5.92 Å². The van der Waals surface area contributed by atoms with Gasteiger partial charge < -0.3 is 11.1 Å². The normalized spacial score (nSPS) is 12.8. The molecule has 10 heteroatoms. The van der Waals surface area contributed by atoms with Crippen molar-refractivity contribution in [3.8, 4) is 0 Å². The molecule has 0 fully saturated rings. The van der Waals surface area contributed by atoms with Crippen molar-refractivity contribution in [2.75, 3.05) is 0 Å². The predicted octanol–water partition coefficient (Wildman–Crippen LogP) is 0.260. The van der Waals surface area contributed by atoms with E-state index < -0.39 is 23.9 Å². The molecule has 0 unspecified atom stereocenters. The van der Waals surface area contributed by atoms with Gasteiger partial charge in [0.15, 0.2) is 5.69 Å². The van der Waals surface area contributed by atoms with Crippen LogP contribution in [0.2, 0.25) is 0 Å². The van der Waals surface area contributed by atoms with Crippen molar-refractivity contribution in [1.29, 1.82) is 0 Å². The molecule has 0 aliphatic heterocycles. The van der Waals surface area contributed by atoms with Gasteiger partial charge in [-0.1, -0.05) is 38.5 Å². The standard InChI is InChI=1S/C18H24N6O4/c1-4-10(3)13(20-18(19)28)15(25)21-22-16(26)14-11-8-6-7-9-12(11)17(27)24(5-2)23-14/h6-10,13H,4-5H2,1-3H3,(H,21,25)(H,22,26)(H3,19,20,28)/t10-,13-/m1/s1. The summed E-state index contributed by atoms with van der Waals surface area (Å²) in [5.74, 6) is -1.51. The molecule has 10 nitrogen and oxygen atoms in total. The molecule has 0 aliphatic carbocycles. The summed E-state index contributed by atoms with van der Waals surface area (Å²) in [7, 11) is 0. The fraction of sp³-hybridized carbons (Fsp3) is 0.389. The molecule has 0 saturated carbocycles. The minimum atomic E-state index is -0.905. The Bertz CT molecular complexity index is 955. The van der Waals surface area contributed by atoms with E-state index in [0.29, 0.717) is 17.2 Å². The van der Waals surface area contributed by atoms with Crippen LogP contribution in [0.1, 0.15) is 37.7 Å². The first-order chi connectivity index (χ1) is 13.3. The summed E-state index contributed by atoms with van der Waals surface area (Å²) < 4.78 is 1.18. The van der Waals surface area contributed by atoms with Gasteiger partial charge in [0.2, 0.25) is 0 Å². The van der Waals surface area contributed by atoms with Crippen molar-refractivity contribution in [1.82, 2.24) is 25.9 Å². The molecule has 4 amide bonds. The average Bonchev–Trinajstić information content (AvgIpc) is 2.69. The molecule has 150 valence electrons. The number of nitrogens with two attached hydrogens (primary N) is 1. The second-order valence-electron chi connectivity index (χ2n) is 6.33. The van der Waals surface area contributed by atoms with Crippen LogP contribution in [0.25, 0.3) is 10.8 Å². The number of hydrogen-bond acceptors (Lipinski definition) is 5. The monoisotopic (exact) mass is 388 g/mol. The third kappa shape index (κ3) is 4.45. The summed E-state index contributed by atoms with van der Waals surface area (Å²) in [4.78, 5) is 48.5. The highest BCUT2D eigenvalue weighted by Gasteiger charge is 2.26. The summed E-state index contributed by atoms with van der Waals surface area (Å²) in [6.45, 7) is 5.65. The van der Waals surface area contributed by atoms with Crippen LogP contribution in [0.5, 0.6) is 0 Å². The molecule has 5 N–H and O–H groups in total. The fourth-order valence-corrected chi connectivity index (χ4v) is 2.73. The maximum Gasteiger partial charge on any atom is 0.312 e. The maximum atomic E-state index is 12.6. The summed E-state index contributed by atoms with van der Waals surface area (Å²) in [6, 6.07) is 4.85. The number of amides is 4.